The molecule has 0 spiro atoms. The van der Waals surface area contributed by atoms with Gasteiger partial charge >= 0.3 is 5.97 Å². The number of nitrogens with zero attached hydrogens (tertiary/aromatic N) is 1. The Bertz CT molecular complexity index is 471. The van der Waals surface area contributed by atoms with E-state index in [-0.39, 0.29) is 18.4 Å². The average molecular weight is 309 g/mol. The molecule has 1 amide bonds. The van der Waals surface area contributed by atoms with Crippen LogP contribution in [0.2, 0.25) is 0 Å². The van der Waals surface area contributed by atoms with Crippen molar-refractivity contribution in [2.45, 2.75) is 38.5 Å². The van der Waals surface area contributed by atoms with Gasteiger partial charge in [-0.1, -0.05) is 12.1 Å². The zero-order valence-corrected chi connectivity index (χ0v) is 13.7. The molecule has 21 heavy (non-hydrogen) atoms. The van der Waals surface area contributed by atoms with Crippen molar-refractivity contribution in [2.24, 2.45) is 0 Å². The molecule has 0 heterocycles. The monoisotopic (exact) mass is 309 g/mol. The number of aliphatic carboxylic acids is 1. The number of carbonyl (C=O) groups is 2. The van der Waals surface area contributed by atoms with Gasteiger partial charge in [0.2, 0.25) is 0 Å². The van der Waals surface area contributed by atoms with E-state index in [1.54, 1.807) is 16.7 Å². The molecule has 0 atom stereocenters. The lowest BCUT2D eigenvalue weighted by molar-refractivity contribution is -0.137. The lowest BCUT2D eigenvalue weighted by atomic mass is 10.1. The molecular formula is C16H23NO3S. The molecule has 4 nitrogen and oxygen atoms in total. The van der Waals surface area contributed by atoms with Crippen LogP contribution in [-0.4, -0.2) is 40.7 Å². The van der Waals surface area contributed by atoms with E-state index in [2.05, 4.69) is 0 Å². The van der Waals surface area contributed by atoms with E-state index in [0.717, 1.165) is 5.75 Å². The van der Waals surface area contributed by atoms with Crippen LogP contribution in [0.25, 0.3) is 0 Å². The molecule has 1 aromatic rings. The second kappa shape index (κ2) is 8.72. The predicted octanol–water partition coefficient (Wildman–Crippen LogP) is 3.27. The number of carbonyl (C=O) groups excluding carboxylic acids is 1. The number of hydrogen-bond acceptors (Lipinski definition) is 3. The molecule has 1 N–H and O–H groups in total. The highest BCUT2D eigenvalue weighted by atomic mass is 32.2. The minimum atomic E-state index is -0.826. The van der Waals surface area contributed by atoms with Crippen molar-refractivity contribution in [3.05, 3.63) is 35.4 Å². The van der Waals surface area contributed by atoms with Gasteiger partial charge in [-0.05, 0) is 44.2 Å². The molecule has 0 bridgehead atoms. The Labute approximate surface area is 130 Å². The van der Waals surface area contributed by atoms with E-state index in [9.17, 15) is 9.59 Å². The van der Waals surface area contributed by atoms with Crippen LogP contribution < -0.4 is 0 Å². The van der Waals surface area contributed by atoms with Crippen LogP contribution in [0.15, 0.2) is 24.3 Å². The molecule has 0 aliphatic carbocycles. The second-order valence-electron chi connectivity index (χ2n) is 5.22. The first kappa shape index (κ1) is 17.6. The Morgan fingerprint density at radius 2 is 1.86 bits per heavy atom. The summed E-state index contributed by atoms with van der Waals surface area (Å²) in [5.74, 6) is 0.0692. The molecule has 1 rings (SSSR count). The van der Waals surface area contributed by atoms with Crippen LogP contribution in [0.1, 0.15) is 42.6 Å². The topological polar surface area (TPSA) is 57.6 Å². The van der Waals surface area contributed by atoms with Crippen molar-refractivity contribution in [1.82, 2.24) is 4.90 Å². The Hall–Kier alpha value is -1.49. The van der Waals surface area contributed by atoms with E-state index in [1.165, 1.54) is 5.56 Å². The lowest BCUT2D eigenvalue weighted by Crippen LogP contribution is -2.37. The minimum Gasteiger partial charge on any atom is -0.481 e. The first-order valence-corrected chi connectivity index (χ1v) is 8.45. The van der Waals surface area contributed by atoms with Crippen LogP contribution in [0.5, 0.6) is 0 Å². The standard InChI is InChI=1S/C16H23NO3S/c1-12(2)17(10-4-5-15(18)19)16(20)14-8-6-13(7-9-14)11-21-3/h6-9,12H,4-5,10-11H2,1-3H3,(H,18,19). The summed E-state index contributed by atoms with van der Waals surface area (Å²) < 4.78 is 0. The van der Waals surface area contributed by atoms with Gasteiger partial charge in [0.25, 0.3) is 5.91 Å². The third kappa shape index (κ3) is 5.79. The van der Waals surface area contributed by atoms with Gasteiger partial charge in [-0.25, -0.2) is 0 Å². The quantitative estimate of drug-likeness (QED) is 0.801. The van der Waals surface area contributed by atoms with Gasteiger partial charge in [0.05, 0.1) is 0 Å². The minimum absolute atomic E-state index is 0.0360. The summed E-state index contributed by atoms with van der Waals surface area (Å²) in [6.07, 6.45) is 2.61. The molecule has 0 aliphatic rings. The van der Waals surface area contributed by atoms with Crippen molar-refractivity contribution in [2.75, 3.05) is 12.8 Å². The Kier molecular flexibility index (Phi) is 7.29. The van der Waals surface area contributed by atoms with Crippen LogP contribution in [0.3, 0.4) is 0 Å². The number of carboxylic acid groups (broad SMARTS) is 1. The van der Waals surface area contributed by atoms with Crippen molar-refractivity contribution >= 4 is 23.6 Å². The zero-order valence-electron chi connectivity index (χ0n) is 12.8. The maximum atomic E-state index is 12.5. The third-order valence-electron chi connectivity index (χ3n) is 3.19. The van der Waals surface area contributed by atoms with Gasteiger partial charge < -0.3 is 10.0 Å². The molecule has 0 saturated heterocycles. The summed E-state index contributed by atoms with van der Waals surface area (Å²) in [6, 6.07) is 7.69. The fraction of sp³-hybridized carbons (Fsp3) is 0.500. The van der Waals surface area contributed by atoms with Gasteiger partial charge in [0.15, 0.2) is 0 Å². The molecule has 0 aromatic heterocycles. The molecule has 0 radical (unpaired) electrons. The van der Waals surface area contributed by atoms with Crippen LogP contribution >= 0.6 is 11.8 Å². The van der Waals surface area contributed by atoms with Gasteiger partial charge in [0.1, 0.15) is 0 Å². The highest BCUT2D eigenvalue weighted by molar-refractivity contribution is 7.97. The van der Waals surface area contributed by atoms with Crippen molar-refractivity contribution < 1.29 is 14.7 Å². The fourth-order valence-corrected chi connectivity index (χ4v) is 2.60. The Morgan fingerprint density at radius 3 is 2.33 bits per heavy atom. The average Bonchev–Trinajstić information content (AvgIpc) is 2.43. The maximum absolute atomic E-state index is 12.5. The molecule has 116 valence electrons. The molecule has 0 unspecified atom stereocenters. The van der Waals surface area contributed by atoms with Crippen molar-refractivity contribution in [1.29, 1.82) is 0 Å². The largest absolute Gasteiger partial charge is 0.481 e. The Morgan fingerprint density at radius 1 is 1.24 bits per heavy atom. The predicted molar refractivity (Wildman–Crippen MR) is 86.7 cm³/mol. The van der Waals surface area contributed by atoms with Crippen LogP contribution in [0, 0.1) is 0 Å². The van der Waals surface area contributed by atoms with E-state index in [0.29, 0.717) is 18.5 Å². The summed E-state index contributed by atoms with van der Waals surface area (Å²) in [5, 5.41) is 8.70. The van der Waals surface area contributed by atoms with Gasteiger partial charge in [-0.2, -0.15) is 11.8 Å². The first-order valence-electron chi connectivity index (χ1n) is 7.06. The van der Waals surface area contributed by atoms with Crippen LogP contribution in [0.4, 0.5) is 0 Å². The third-order valence-corrected chi connectivity index (χ3v) is 3.81. The summed E-state index contributed by atoms with van der Waals surface area (Å²) in [7, 11) is 0. The summed E-state index contributed by atoms with van der Waals surface area (Å²) in [6.45, 7) is 4.36. The van der Waals surface area contributed by atoms with Gasteiger partial charge in [-0.3, -0.25) is 9.59 Å². The van der Waals surface area contributed by atoms with Gasteiger partial charge in [-0.15, -0.1) is 0 Å². The van der Waals surface area contributed by atoms with E-state index in [4.69, 9.17) is 5.11 Å². The van der Waals surface area contributed by atoms with E-state index in [1.807, 2.05) is 44.4 Å². The number of amides is 1. The maximum Gasteiger partial charge on any atom is 0.303 e. The summed E-state index contributed by atoms with van der Waals surface area (Å²) >= 11 is 1.74. The number of carboxylic acids is 1. The number of rotatable bonds is 8. The molecule has 0 saturated carbocycles. The zero-order chi connectivity index (χ0) is 15.8. The van der Waals surface area contributed by atoms with Gasteiger partial charge in [0, 0.05) is 30.3 Å². The summed E-state index contributed by atoms with van der Waals surface area (Å²) in [4.78, 5) is 24.8. The van der Waals surface area contributed by atoms with Crippen LogP contribution in [-0.2, 0) is 10.5 Å². The fourth-order valence-electron chi connectivity index (χ4n) is 2.07. The number of thioether (sulfide) groups is 1. The Balaban J connectivity index is 2.73. The lowest BCUT2D eigenvalue weighted by Gasteiger charge is -2.26. The van der Waals surface area contributed by atoms with Crippen molar-refractivity contribution in [3.8, 4) is 0 Å². The second-order valence-corrected chi connectivity index (χ2v) is 6.09. The number of hydrogen-bond donors (Lipinski definition) is 1. The smallest absolute Gasteiger partial charge is 0.303 e. The number of benzene rings is 1. The summed E-state index contributed by atoms with van der Waals surface area (Å²) in [5.41, 5.74) is 1.85. The SMILES string of the molecule is CSCc1ccc(C(=O)N(CCCC(=O)O)C(C)C)cc1. The molecular weight excluding hydrogens is 286 g/mol. The highest BCUT2D eigenvalue weighted by Gasteiger charge is 2.18. The van der Waals surface area contributed by atoms with E-state index >= 15 is 0 Å². The molecule has 5 heteroatoms. The molecule has 0 fully saturated rings. The molecule has 1 aromatic carbocycles. The highest BCUT2D eigenvalue weighted by Crippen LogP contribution is 2.14. The van der Waals surface area contributed by atoms with Crippen molar-refractivity contribution in [3.63, 3.8) is 0 Å². The normalized spacial score (nSPS) is 10.7. The van der Waals surface area contributed by atoms with E-state index < -0.39 is 5.97 Å². The first-order chi connectivity index (χ1) is 9.95. The molecule has 0 aliphatic heterocycles.